The zero-order chi connectivity index (χ0) is 44.7. The van der Waals surface area contributed by atoms with Crippen LogP contribution in [-0.4, -0.2) is 82.2 Å². The zero-order valence-corrected chi connectivity index (χ0v) is 40.2. The van der Waals surface area contributed by atoms with Crippen molar-refractivity contribution >= 4 is 19.8 Å². The molecule has 1 rings (SSSR count). The average molecular weight is 878 g/mol. The molecule has 0 aliphatic carbocycles. The number of allylic oxidation sites excluding steroid dienone is 8. The van der Waals surface area contributed by atoms with Crippen LogP contribution < -0.4 is 4.89 Å². The smallest absolute Gasteiger partial charge is 0.306 e. The lowest BCUT2D eigenvalue weighted by Gasteiger charge is -2.28. The van der Waals surface area contributed by atoms with Crippen LogP contribution in [0.4, 0.5) is 0 Å². The van der Waals surface area contributed by atoms with Crippen molar-refractivity contribution in [3.63, 3.8) is 0 Å². The summed E-state index contributed by atoms with van der Waals surface area (Å²) in [6, 6.07) is 0. The predicted octanol–water partition coefficient (Wildman–Crippen LogP) is 12.4. The number of epoxide rings is 1. The van der Waals surface area contributed by atoms with Gasteiger partial charge in [0.05, 0.1) is 40.0 Å². The molecule has 0 aromatic carbocycles. The normalized spacial score (nSPS) is 17.3. The summed E-state index contributed by atoms with van der Waals surface area (Å²) in [6.07, 6.45) is 48.5. The fourth-order valence-corrected chi connectivity index (χ4v) is 7.21. The number of hydrogen-bond donors (Lipinski definition) is 0. The molecule has 0 spiro atoms. The number of carbonyl (C=O) groups is 2. The number of esters is 2. The predicted molar refractivity (Wildman–Crippen MR) is 249 cm³/mol. The van der Waals surface area contributed by atoms with Gasteiger partial charge in [0, 0.05) is 12.8 Å². The van der Waals surface area contributed by atoms with Gasteiger partial charge in [-0.25, -0.2) is 0 Å². The summed E-state index contributed by atoms with van der Waals surface area (Å²) in [5.41, 5.74) is 0. The number of phosphoric acid groups is 1. The Labute approximate surface area is 372 Å². The minimum absolute atomic E-state index is 0.0465. The van der Waals surface area contributed by atoms with Crippen LogP contribution in [0.5, 0.6) is 0 Å². The Kier molecular flexibility index (Phi) is 35.5. The van der Waals surface area contributed by atoms with E-state index in [1.807, 2.05) is 27.2 Å². The van der Waals surface area contributed by atoms with E-state index in [0.29, 0.717) is 42.5 Å². The molecule has 4 atom stereocenters. The summed E-state index contributed by atoms with van der Waals surface area (Å²) in [7, 11) is 1.11. The number of phosphoric ester groups is 1. The van der Waals surface area contributed by atoms with Gasteiger partial charge in [-0.1, -0.05) is 145 Å². The molecule has 1 saturated heterocycles. The van der Waals surface area contributed by atoms with E-state index in [2.05, 4.69) is 68.5 Å². The average Bonchev–Trinajstić information content (AvgIpc) is 3.97. The van der Waals surface area contributed by atoms with Gasteiger partial charge in [-0.2, -0.15) is 0 Å². The van der Waals surface area contributed by atoms with E-state index in [4.69, 9.17) is 23.3 Å². The standard InChI is InChI=1S/C50H88NO9P/c1-6-8-10-12-14-15-16-17-18-19-20-21-22-23-24-25-28-32-36-40-49(52)56-44-46(45-58-61(54,55)57-43-42-51(3,4)5)59-50(53)41-37-33-29-26-27-31-35-39-48-47(60-48)38-34-30-13-11-9-7-2/h14-15,17-18,26,29-31,34-35,46-48H,6-13,16,19-25,27-28,32-33,36-45H2,1-5H3/b15-14-,18-17-,29-26-,34-30-,35-31-/t46-,47?,48?/m1/s1. The maximum Gasteiger partial charge on any atom is 0.306 e. The molecule has 0 saturated carbocycles. The molecule has 0 aromatic rings. The van der Waals surface area contributed by atoms with Crippen molar-refractivity contribution in [2.24, 2.45) is 0 Å². The minimum atomic E-state index is -4.65. The monoisotopic (exact) mass is 878 g/mol. The molecule has 0 bridgehead atoms. The van der Waals surface area contributed by atoms with Crippen molar-refractivity contribution in [2.45, 2.75) is 199 Å². The third kappa shape index (κ3) is 39.0. The van der Waals surface area contributed by atoms with E-state index in [1.165, 1.54) is 77.0 Å². The molecule has 0 radical (unpaired) electrons. The van der Waals surface area contributed by atoms with Gasteiger partial charge in [0.2, 0.25) is 0 Å². The molecule has 1 aliphatic rings. The largest absolute Gasteiger partial charge is 0.756 e. The van der Waals surface area contributed by atoms with Crippen LogP contribution in [0.3, 0.4) is 0 Å². The molecule has 11 heteroatoms. The van der Waals surface area contributed by atoms with E-state index < -0.39 is 32.5 Å². The fourth-order valence-electron chi connectivity index (χ4n) is 6.48. The molecule has 10 nitrogen and oxygen atoms in total. The zero-order valence-electron chi connectivity index (χ0n) is 39.3. The van der Waals surface area contributed by atoms with Crippen molar-refractivity contribution in [1.82, 2.24) is 0 Å². The van der Waals surface area contributed by atoms with Crippen LogP contribution in [0.1, 0.15) is 181 Å². The van der Waals surface area contributed by atoms with Crippen molar-refractivity contribution in [2.75, 3.05) is 47.5 Å². The van der Waals surface area contributed by atoms with Crippen molar-refractivity contribution in [1.29, 1.82) is 0 Å². The molecule has 0 amide bonds. The van der Waals surface area contributed by atoms with Crippen molar-refractivity contribution < 1.29 is 46.8 Å². The Bertz CT molecular complexity index is 1290. The van der Waals surface area contributed by atoms with Gasteiger partial charge in [0.15, 0.2) is 6.10 Å². The van der Waals surface area contributed by atoms with Crippen molar-refractivity contribution in [3.05, 3.63) is 60.8 Å². The number of hydrogen-bond acceptors (Lipinski definition) is 9. The summed E-state index contributed by atoms with van der Waals surface area (Å²) in [4.78, 5) is 37.7. The quantitative estimate of drug-likeness (QED) is 0.0147. The highest BCUT2D eigenvalue weighted by Crippen LogP contribution is 2.38. The Morgan fingerprint density at radius 1 is 0.590 bits per heavy atom. The highest BCUT2D eigenvalue weighted by molar-refractivity contribution is 7.45. The number of unbranched alkanes of at least 4 members (excludes halogenated alkanes) is 16. The fraction of sp³-hybridized carbons (Fsp3) is 0.760. The highest BCUT2D eigenvalue weighted by atomic mass is 31.2. The van der Waals surface area contributed by atoms with E-state index in [0.717, 1.165) is 57.8 Å². The van der Waals surface area contributed by atoms with Gasteiger partial charge >= 0.3 is 11.9 Å². The van der Waals surface area contributed by atoms with Gasteiger partial charge in [-0.05, 0) is 83.5 Å². The first-order chi connectivity index (χ1) is 29.5. The van der Waals surface area contributed by atoms with Crippen LogP contribution in [0.15, 0.2) is 60.8 Å². The molecule has 0 N–H and O–H groups in total. The van der Waals surface area contributed by atoms with E-state index in [9.17, 15) is 19.0 Å². The van der Waals surface area contributed by atoms with Crippen LogP contribution in [0, 0.1) is 0 Å². The van der Waals surface area contributed by atoms with Gasteiger partial charge in [0.25, 0.3) is 7.82 Å². The topological polar surface area (TPSA) is 124 Å². The molecule has 1 heterocycles. The van der Waals surface area contributed by atoms with Crippen LogP contribution in [0.2, 0.25) is 0 Å². The molecule has 1 fully saturated rings. The SMILES string of the molecule is CCCCC/C=C\C/C=C\CCCCCCCCCCCC(=O)OC[C@H](COP(=O)([O-])OCC[N+](C)(C)C)OC(=O)CCC/C=C\C/C=C\CC1OC1C/C=C\CCCCC. The maximum atomic E-state index is 12.7. The molecular weight excluding hydrogens is 790 g/mol. The van der Waals surface area contributed by atoms with Crippen LogP contribution >= 0.6 is 7.82 Å². The van der Waals surface area contributed by atoms with E-state index in [1.54, 1.807) is 0 Å². The highest BCUT2D eigenvalue weighted by Gasteiger charge is 2.36. The second-order valence-electron chi connectivity index (χ2n) is 17.5. The number of ether oxygens (including phenoxy) is 3. The van der Waals surface area contributed by atoms with Gasteiger partial charge in [-0.15, -0.1) is 0 Å². The molecule has 0 aromatic heterocycles. The van der Waals surface area contributed by atoms with Gasteiger partial charge in [-0.3, -0.25) is 14.2 Å². The van der Waals surface area contributed by atoms with Gasteiger partial charge < -0.3 is 32.6 Å². The number of likely N-dealkylation sites (N-methyl/N-ethyl adjacent to an activating group) is 1. The Balaban J connectivity index is 2.29. The molecule has 352 valence electrons. The molecule has 1 aliphatic heterocycles. The Morgan fingerprint density at radius 3 is 1.61 bits per heavy atom. The molecule has 3 unspecified atom stereocenters. The number of rotatable bonds is 42. The summed E-state index contributed by atoms with van der Waals surface area (Å²) in [6.45, 7) is 4.09. The first-order valence-corrected chi connectivity index (χ1v) is 25.6. The lowest BCUT2D eigenvalue weighted by atomic mass is 10.1. The third-order valence-electron chi connectivity index (χ3n) is 10.4. The summed E-state index contributed by atoms with van der Waals surface area (Å²) < 4.78 is 39.7. The first kappa shape index (κ1) is 56.7. The Morgan fingerprint density at radius 2 is 1.05 bits per heavy atom. The lowest BCUT2D eigenvalue weighted by molar-refractivity contribution is -0.870. The third-order valence-corrected chi connectivity index (χ3v) is 11.4. The summed E-state index contributed by atoms with van der Waals surface area (Å²) >= 11 is 0. The van der Waals surface area contributed by atoms with E-state index in [-0.39, 0.29) is 26.1 Å². The first-order valence-electron chi connectivity index (χ1n) is 24.1. The summed E-state index contributed by atoms with van der Waals surface area (Å²) in [5, 5.41) is 0. The molecular formula is C50H88NO9P. The van der Waals surface area contributed by atoms with Crippen LogP contribution in [-0.2, 0) is 37.4 Å². The van der Waals surface area contributed by atoms with Crippen molar-refractivity contribution in [3.8, 4) is 0 Å². The second-order valence-corrected chi connectivity index (χ2v) is 18.9. The minimum Gasteiger partial charge on any atom is -0.756 e. The maximum absolute atomic E-state index is 12.7. The van der Waals surface area contributed by atoms with E-state index >= 15 is 0 Å². The number of quaternary nitrogens is 1. The summed E-state index contributed by atoms with van der Waals surface area (Å²) in [5.74, 6) is -0.913. The number of carbonyl (C=O) groups excluding carboxylic acids is 2. The second kappa shape index (κ2) is 38.2. The molecule has 61 heavy (non-hydrogen) atoms. The van der Waals surface area contributed by atoms with Crippen LogP contribution in [0.25, 0.3) is 0 Å². The Hall–Kier alpha value is -2.33. The van der Waals surface area contributed by atoms with Gasteiger partial charge in [0.1, 0.15) is 19.8 Å². The lowest BCUT2D eigenvalue weighted by Crippen LogP contribution is -2.37. The number of nitrogens with zero attached hydrogens (tertiary/aromatic N) is 1.